The van der Waals surface area contributed by atoms with Gasteiger partial charge < -0.3 is 18.9 Å². The lowest BCUT2D eigenvalue weighted by molar-refractivity contribution is -0.129. The fourth-order valence-electron chi connectivity index (χ4n) is 2.65. The Balaban J connectivity index is 2.01. The summed E-state index contributed by atoms with van der Waals surface area (Å²) in [5.74, 6) is 0.649. The molecular weight excluding hydrogens is 432 g/mol. The summed E-state index contributed by atoms with van der Waals surface area (Å²) in [6, 6.07) is 11.4. The number of rotatable bonds is 12. The van der Waals surface area contributed by atoms with Crippen molar-refractivity contribution in [2.45, 2.75) is 13.8 Å². The minimum Gasteiger partial charge on any atom is -0.490 e. The van der Waals surface area contributed by atoms with Gasteiger partial charge in [0.1, 0.15) is 36.2 Å². The van der Waals surface area contributed by atoms with Gasteiger partial charge in [-0.3, -0.25) is 0 Å². The lowest BCUT2D eigenvalue weighted by Crippen LogP contribution is -2.11. The summed E-state index contributed by atoms with van der Waals surface area (Å²) in [6.45, 7) is 15.1. The summed E-state index contributed by atoms with van der Waals surface area (Å²) in [4.78, 5) is 25.0. The van der Waals surface area contributed by atoms with Crippen LogP contribution in [0.1, 0.15) is 22.8 Å². The Morgan fingerprint density at radius 2 is 1.59 bits per heavy atom. The van der Waals surface area contributed by atoms with E-state index in [1.807, 2.05) is 0 Å². The normalized spacial score (nSPS) is 10.9. The molecule has 0 atom stereocenters. The Hall–Kier alpha value is -4.32. The minimum atomic E-state index is -0.543. The summed E-state index contributed by atoms with van der Waals surface area (Å²) in [5.41, 5.74) is 1.34. The van der Waals surface area contributed by atoms with Gasteiger partial charge in [-0.25, -0.2) is 9.59 Å². The number of carbonyl (C=O) groups excluding carboxylic acids is 2. The van der Waals surface area contributed by atoms with Crippen molar-refractivity contribution in [2.75, 3.05) is 13.2 Å². The number of hydrogen-bond donors (Lipinski definition) is 0. The number of allylic oxidation sites excluding steroid dienone is 2. The SMILES string of the molecule is C=CCOC(=C)/C=C\C(=C/C)C(=O)Oc1ccc(OC(=O)c2ccc(OCC=C)cc2)c(C)c1. The van der Waals surface area contributed by atoms with Crippen LogP contribution in [0, 0.1) is 6.92 Å². The van der Waals surface area contributed by atoms with E-state index in [2.05, 4.69) is 19.7 Å². The molecule has 6 heteroatoms. The second-order valence-corrected chi connectivity index (χ2v) is 6.97. The second-order valence-electron chi connectivity index (χ2n) is 6.97. The standard InChI is InChI=1S/C28H28O6/c1-6-17-31-21(5)9-10-22(8-3)27(29)33-25-15-16-26(20(4)19-25)34-28(30)23-11-13-24(14-12-23)32-18-7-2/h6-16,19H,1-2,5,17-18H2,3-4H3/b10-9-,22-8+. The minimum absolute atomic E-state index is 0.320. The molecule has 6 nitrogen and oxygen atoms in total. The summed E-state index contributed by atoms with van der Waals surface area (Å²) in [6.07, 6.45) is 8.00. The smallest absolute Gasteiger partial charge is 0.343 e. The van der Waals surface area contributed by atoms with Crippen LogP contribution in [0.15, 0.2) is 104 Å². The van der Waals surface area contributed by atoms with Crippen LogP contribution >= 0.6 is 0 Å². The van der Waals surface area contributed by atoms with Gasteiger partial charge >= 0.3 is 11.9 Å². The molecule has 0 heterocycles. The molecule has 0 radical (unpaired) electrons. The quantitative estimate of drug-likeness (QED) is 0.0980. The molecule has 176 valence electrons. The molecule has 2 aromatic rings. The molecule has 2 rings (SSSR count). The predicted octanol–water partition coefficient (Wildman–Crippen LogP) is 5.90. The maximum absolute atomic E-state index is 12.5. The molecule has 0 saturated carbocycles. The lowest BCUT2D eigenvalue weighted by atomic mass is 10.2. The summed E-state index contributed by atoms with van der Waals surface area (Å²) < 4.78 is 21.6. The van der Waals surface area contributed by atoms with E-state index in [1.165, 1.54) is 0 Å². The highest BCUT2D eigenvalue weighted by Gasteiger charge is 2.13. The highest BCUT2D eigenvalue weighted by molar-refractivity contribution is 5.93. The van der Waals surface area contributed by atoms with E-state index in [9.17, 15) is 9.59 Å². The molecule has 0 aromatic heterocycles. The van der Waals surface area contributed by atoms with Crippen LogP contribution in [0.5, 0.6) is 17.2 Å². The first-order valence-corrected chi connectivity index (χ1v) is 10.5. The number of ether oxygens (including phenoxy) is 4. The molecule has 0 amide bonds. The number of aryl methyl sites for hydroxylation is 1. The van der Waals surface area contributed by atoms with E-state index in [0.717, 1.165) is 0 Å². The molecule has 0 bridgehead atoms. The van der Waals surface area contributed by atoms with Crippen LogP contribution in [-0.4, -0.2) is 25.2 Å². The van der Waals surface area contributed by atoms with E-state index in [-0.39, 0.29) is 0 Å². The van der Waals surface area contributed by atoms with Crippen LogP contribution < -0.4 is 14.2 Å². The van der Waals surface area contributed by atoms with Crippen LogP contribution in [-0.2, 0) is 9.53 Å². The molecule has 0 spiro atoms. The molecule has 2 aromatic carbocycles. The van der Waals surface area contributed by atoms with Crippen molar-refractivity contribution in [2.24, 2.45) is 0 Å². The zero-order valence-electron chi connectivity index (χ0n) is 19.4. The first-order chi connectivity index (χ1) is 16.4. The molecule has 34 heavy (non-hydrogen) atoms. The third kappa shape index (κ3) is 7.98. The first kappa shape index (κ1) is 25.9. The van der Waals surface area contributed by atoms with Crippen LogP contribution in [0.25, 0.3) is 0 Å². The molecule has 0 aliphatic heterocycles. The van der Waals surface area contributed by atoms with E-state index >= 15 is 0 Å². The van der Waals surface area contributed by atoms with Crippen molar-refractivity contribution < 1.29 is 28.5 Å². The molecule has 0 fully saturated rings. The van der Waals surface area contributed by atoms with Crippen molar-refractivity contribution in [3.8, 4) is 17.2 Å². The van der Waals surface area contributed by atoms with Gasteiger partial charge in [0.2, 0.25) is 0 Å². The molecule has 0 unspecified atom stereocenters. The van der Waals surface area contributed by atoms with Crippen molar-refractivity contribution in [3.63, 3.8) is 0 Å². The van der Waals surface area contributed by atoms with Gasteiger partial charge in [-0.15, -0.1) is 0 Å². The van der Waals surface area contributed by atoms with Gasteiger partial charge in [0.15, 0.2) is 0 Å². The largest absolute Gasteiger partial charge is 0.490 e. The number of esters is 2. The molecule has 0 N–H and O–H groups in total. The van der Waals surface area contributed by atoms with Crippen LogP contribution in [0.2, 0.25) is 0 Å². The topological polar surface area (TPSA) is 71.1 Å². The summed E-state index contributed by atoms with van der Waals surface area (Å²) >= 11 is 0. The predicted molar refractivity (Wildman–Crippen MR) is 132 cm³/mol. The Bertz CT molecular complexity index is 1110. The van der Waals surface area contributed by atoms with Crippen molar-refractivity contribution in [3.05, 3.63) is 115 Å². The highest BCUT2D eigenvalue weighted by atomic mass is 16.5. The third-order valence-electron chi connectivity index (χ3n) is 4.40. The van der Waals surface area contributed by atoms with E-state index in [4.69, 9.17) is 18.9 Å². The average Bonchev–Trinajstić information content (AvgIpc) is 2.83. The maximum atomic E-state index is 12.5. The Morgan fingerprint density at radius 3 is 2.21 bits per heavy atom. The number of carbonyl (C=O) groups is 2. The van der Waals surface area contributed by atoms with Gasteiger partial charge in [-0.05, 0) is 74.0 Å². The van der Waals surface area contributed by atoms with Crippen molar-refractivity contribution >= 4 is 11.9 Å². The Labute approximate surface area is 200 Å². The molecule has 0 saturated heterocycles. The van der Waals surface area contributed by atoms with E-state index in [1.54, 1.807) is 86.7 Å². The molecule has 0 aliphatic carbocycles. The first-order valence-electron chi connectivity index (χ1n) is 10.5. The summed E-state index contributed by atoms with van der Waals surface area (Å²) in [7, 11) is 0. The Kier molecular flexibility index (Phi) is 10.1. The van der Waals surface area contributed by atoms with Gasteiger partial charge in [-0.2, -0.15) is 0 Å². The van der Waals surface area contributed by atoms with Crippen LogP contribution in [0.3, 0.4) is 0 Å². The van der Waals surface area contributed by atoms with Gasteiger partial charge in [0, 0.05) is 0 Å². The average molecular weight is 461 g/mol. The third-order valence-corrected chi connectivity index (χ3v) is 4.40. The second kappa shape index (κ2) is 13.3. The zero-order chi connectivity index (χ0) is 24.9. The van der Waals surface area contributed by atoms with Gasteiger partial charge in [0.25, 0.3) is 0 Å². The van der Waals surface area contributed by atoms with Crippen molar-refractivity contribution in [1.29, 1.82) is 0 Å². The van der Waals surface area contributed by atoms with Crippen molar-refractivity contribution in [1.82, 2.24) is 0 Å². The monoisotopic (exact) mass is 460 g/mol. The lowest BCUT2D eigenvalue weighted by Gasteiger charge is -2.10. The van der Waals surface area contributed by atoms with E-state index in [0.29, 0.717) is 52.9 Å². The zero-order valence-corrected chi connectivity index (χ0v) is 19.4. The Morgan fingerprint density at radius 1 is 0.912 bits per heavy atom. The van der Waals surface area contributed by atoms with E-state index < -0.39 is 11.9 Å². The van der Waals surface area contributed by atoms with Crippen LogP contribution in [0.4, 0.5) is 0 Å². The van der Waals surface area contributed by atoms with Gasteiger partial charge in [0.05, 0.1) is 11.1 Å². The summed E-state index contributed by atoms with van der Waals surface area (Å²) in [5, 5.41) is 0. The van der Waals surface area contributed by atoms with Gasteiger partial charge in [-0.1, -0.05) is 38.0 Å². The molecular formula is C28H28O6. The highest BCUT2D eigenvalue weighted by Crippen LogP contribution is 2.25. The number of benzene rings is 2. The fraction of sp³-hybridized carbons (Fsp3) is 0.143. The molecule has 0 aliphatic rings. The fourth-order valence-corrected chi connectivity index (χ4v) is 2.65. The maximum Gasteiger partial charge on any atom is 0.343 e. The number of hydrogen-bond acceptors (Lipinski definition) is 6.